The quantitative estimate of drug-likeness (QED) is 0.627. The van der Waals surface area contributed by atoms with E-state index in [4.69, 9.17) is 0 Å². The second kappa shape index (κ2) is 5.69. The third kappa shape index (κ3) is 3.50. The fraction of sp³-hybridized carbons (Fsp3) is 0. The van der Waals surface area contributed by atoms with Gasteiger partial charge in [-0.3, -0.25) is 0 Å². The van der Waals surface area contributed by atoms with Crippen molar-refractivity contribution >= 4 is 28.5 Å². The first-order chi connectivity index (χ1) is 7.45. The van der Waals surface area contributed by atoms with Crippen LogP contribution in [-0.4, -0.2) is 9.35 Å². The molecule has 1 nitrogen and oxygen atoms in total. The Hall–Kier alpha value is -1.11. The van der Waals surface area contributed by atoms with Gasteiger partial charge in [-0.15, -0.1) is 0 Å². The Morgan fingerprint density at radius 1 is 0.800 bits per heavy atom. The van der Waals surface area contributed by atoms with E-state index in [0.29, 0.717) is 0 Å². The van der Waals surface area contributed by atoms with Crippen molar-refractivity contribution in [2.45, 2.75) is 0 Å². The smallest absolute Gasteiger partial charge is 0.148 e. The highest BCUT2D eigenvalue weighted by molar-refractivity contribution is 7.77. The Morgan fingerprint density at radius 2 is 1.40 bits per heavy atom. The van der Waals surface area contributed by atoms with Crippen LogP contribution in [0.25, 0.3) is 0 Å². The molecule has 1 atom stereocenters. The van der Waals surface area contributed by atoms with Gasteiger partial charge in [0, 0.05) is 5.69 Å². The average Bonchev–Trinajstić information content (AvgIpc) is 2.32. The second-order valence-corrected chi connectivity index (χ2v) is 7.02. The van der Waals surface area contributed by atoms with Gasteiger partial charge in [0.2, 0.25) is 0 Å². The van der Waals surface area contributed by atoms with Gasteiger partial charge in [0.05, 0.1) is 0 Å². The van der Waals surface area contributed by atoms with Gasteiger partial charge in [0.1, 0.15) is 9.35 Å². The molecule has 0 aliphatic rings. The zero-order chi connectivity index (χ0) is 10.3. The molecule has 2 rings (SSSR count). The van der Waals surface area contributed by atoms with Gasteiger partial charge in [0.25, 0.3) is 0 Å². The van der Waals surface area contributed by atoms with Gasteiger partial charge >= 0.3 is 0 Å². The number of hydrogen-bond donors (Lipinski definition) is 1. The van der Waals surface area contributed by atoms with E-state index in [9.17, 15) is 0 Å². The van der Waals surface area contributed by atoms with E-state index in [1.54, 1.807) is 0 Å². The molecule has 0 radical (unpaired) electrons. The topological polar surface area (TPSA) is 12.0 Å². The standard InChI is InChI=1S/C12H14NPSi/c1-3-7-11(8-4-1)13-15-14-12-9-5-2-6-10-12/h1-10,13-14H,15H2. The number of benzene rings is 2. The molecule has 0 fully saturated rings. The molecule has 0 spiro atoms. The van der Waals surface area contributed by atoms with Crippen LogP contribution < -0.4 is 10.3 Å². The molecule has 0 aliphatic heterocycles. The third-order valence-electron chi connectivity index (χ3n) is 2.13. The first-order valence-corrected chi connectivity index (χ1v) is 9.06. The van der Waals surface area contributed by atoms with E-state index in [1.807, 2.05) is 6.07 Å². The highest BCUT2D eigenvalue weighted by Crippen LogP contribution is 2.10. The predicted octanol–water partition coefficient (Wildman–Crippen LogP) is 2.10. The Bertz CT molecular complexity index is 351. The van der Waals surface area contributed by atoms with Gasteiger partial charge in [-0.25, -0.2) is 0 Å². The van der Waals surface area contributed by atoms with Crippen molar-refractivity contribution in [1.82, 2.24) is 0 Å². The Balaban J connectivity index is 1.81. The summed E-state index contributed by atoms with van der Waals surface area (Å²) in [6.45, 7) is 0. The van der Waals surface area contributed by atoms with E-state index >= 15 is 0 Å². The minimum Gasteiger partial charge on any atom is -0.412 e. The number of anilines is 1. The Kier molecular flexibility index (Phi) is 3.95. The predicted molar refractivity (Wildman–Crippen MR) is 73.0 cm³/mol. The summed E-state index contributed by atoms with van der Waals surface area (Å²) < 4.78 is 0. The summed E-state index contributed by atoms with van der Waals surface area (Å²) >= 11 is 0. The average molecular weight is 231 g/mol. The zero-order valence-electron chi connectivity index (χ0n) is 8.48. The van der Waals surface area contributed by atoms with Gasteiger partial charge < -0.3 is 4.98 Å². The van der Waals surface area contributed by atoms with Crippen LogP contribution in [0.1, 0.15) is 0 Å². The van der Waals surface area contributed by atoms with Crippen molar-refractivity contribution in [3.63, 3.8) is 0 Å². The fourth-order valence-corrected chi connectivity index (χ4v) is 4.72. The van der Waals surface area contributed by atoms with E-state index in [2.05, 4.69) is 59.6 Å². The van der Waals surface area contributed by atoms with Crippen molar-refractivity contribution < 1.29 is 0 Å². The molecular weight excluding hydrogens is 217 g/mol. The van der Waals surface area contributed by atoms with Crippen molar-refractivity contribution in [2.75, 3.05) is 4.98 Å². The van der Waals surface area contributed by atoms with Crippen LogP contribution in [0.3, 0.4) is 0 Å². The summed E-state index contributed by atoms with van der Waals surface area (Å²) in [5.41, 5.74) is 1.26. The van der Waals surface area contributed by atoms with E-state index in [-0.39, 0.29) is 9.35 Å². The minimum absolute atomic E-state index is 0.207. The molecule has 0 bridgehead atoms. The maximum absolute atomic E-state index is 3.54. The number of nitrogens with one attached hydrogen (secondary N) is 1. The van der Waals surface area contributed by atoms with Crippen LogP contribution in [0.5, 0.6) is 0 Å². The van der Waals surface area contributed by atoms with Crippen LogP contribution in [-0.2, 0) is 0 Å². The molecule has 2 aromatic rings. The summed E-state index contributed by atoms with van der Waals surface area (Å²) in [5, 5.41) is 1.47. The number of hydrogen-bond acceptors (Lipinski definition) is 1. The van der Waals surface area contributed by atoms with Crippen LogP contribution in [0.2, 0.25) is 0 Å². The summed E-state index contributed by atoms with van der Waals surface area (Å²) in [6, 6.07) is 21.1. The Morgan fingerprint density at radius 3 is 2.07 bits per heavy atom. The van der Waals surface area contributed by atoms with Crippen LogP contribution >= 0.6 is 8.13 Å². The van der Waals surface area contributed by atoms with Crippen molar-refractivity contribution in [3.8, 4) is 0 Å². The number of rotatable bonds is 4. The first kappa shape index (κ1) is 10.4. The summed E-state index contributed by atoms with van der Waals surface area (Å²) in [4.78, 5) is 3.54. The molecule has 0 saturated heterocycles. The fourth-order valence-electron chi connectivity index (χ4n) is 1.36. The van der Waals surface area contributed by atoms with E-state index in [1.165, 1.54) is 11.0 Å². The molecular formula is C12H14NPSi. The minimum atomic E-state index is -0.207. The lowest BCUT2D eigenvalue weighted by atomic mass is 10.3. The van der Waals surface area contributed by atoms with Gasteiger partial charge in [0.15, 0.2) is 0 Å². The largest absolute Gasteiger partial charge is 0.412 e. The van der Waals surface area contributed by atoms with Gasteiger partial charge in [-0.2, -0.15) is 0 Å². The third-order valence-corrected chi connectivity index (χ3v) is 5.92. The molecule has 0 amide bonds. The SMILES string of the molecule is c1ccc(N[SiH2]Pc2ccccc2)cc1. The molecule has 1 unspecified atom stereocenters. The van der Waals surface area contributed by atoms with Gasteiger partial charge in [-0.05, 0) is 17.4 Å². The second-order valence-electron chi connectivity index (χ2n) is 3.26. The lowest BCUT2D eigenvalue weighted by Crippen LogP contribution is -2.05. The van der Waals surface area contributed by atoms with Crippen LogP contribution in [0.15, 0.2) is 60.7 Å². The molecule has 0 aromatic heterocycles. The van der Waals surface area contributed by atoms with Crippen LogP contribution in [0.4, 0.5) is 5.69 Å². The molecule has 1 N–H and O–H groups in total. The van der Waals surface area contributed by atoms with Crippen LogP contribution in [0, 0.1) is 0 Å². The molecule has 0 saturated carbocycles. The summed E-state index contributed by atoms with van der Waals surface area (Å²) in [7, 11) is 0.750. The monoisotopic (exact) mass is 231 g/mol. The molecule has 0 aliphatic carbocycles. The Labute approximate surface area is 94.5 Å². The van der Waals surface area contributed by atoms with Crippen molar-refractivity contribution in [3.05, 3.63) is 60.7 Å². The van der Waals surface area contributed by atoms with E-state index in [0.717, 1.165) is 8.13 Å². The molecule has 15 heavy (non-hydrogen) atoms. The molecule has 3 heteroatoms. The maximum Gasteiger partial charge on any atom is 0.148 e. The molecule has 0 heterocycles. The number of para-hydroxylation sites is 1. The molecule has 76 valence electrons. The summed E-state index contributed by atoms with van der Waals surface area (Å²) in [5.74, 6) is 0. The van der Waals surface area contributed by atoms with Crippen molar-refractivity contribution in [2.24, 2.45) is 0 Å². The normalized spacial score (nSPS) is 11.5. The van der Waals surface area contributed by atoms with Crippen molar-refractivity contribution in [1.29, 1.82) is 0 Å². The van der Waals surface area contributed by atoms with Gasteiger partial charge in [-0.1, -0.05) is 56.7 Å². The highest BCUT2D eigenvalue weighted by Gasteiger charge is 1.92. The van der Waals surface area contributed by atoms with E-state index < -0.39 is 0 Å². The molecule has 2 aromatic carbocycles. The lowest BCUT2D eigenvalue weighted by molar-refractivity contribution is 1.68. The highest BCUT2D eigenvalue weighted by atomic mass is 31.3. The lowest BCUT2D eigenvalue weighted by Gasteiger charge is -2.05. The first-order valence-electron chi connectivity index (χ1n) is 5.03. The summed E-state index contributed by atoms with van der Waals surface area (Å²) in [6.07, 6.45) is 0. The maximum atomic E-state index is 3.54. The zero-order valence-corrected chi connectivity index (χ0v) is 10.9.